The van der Waals surface area contributed by atoms with Gasteiger partial charge in [0, 0.05) is 11.8 Å². The third-order valence-electron chi connectivity index (χ3n) is 3.38. The highest BCUT2D eigenvalue weighted by Gasteiger charge is 2.20. The minimum absolute atomic E-state index is 0.170. The van der Waals surface area contributed by atoms with Crippen molar-refractivity contribution in [3.8, 4) is 0 Å². The number of aryl methyl sites for hydroxylation is 1. The van der Waals surface area contributed by atoms with Crippen LogP contribution in [-0.4, -0.2) is 0 Å². The Kier molecular flexibility index (Phi) is 2.74. The fourth-order valence-electron chi connectivity index (χ4n) is 2.42. The van der Waals surface area contributed by atoms with Crippen molar-refractivity contribution in [3.63, 3.8) is 0 Å². The molecule has 0 fully saturated rings. The van der Waals surface area contributed by atoms with E-state index in [1.807, 2.05) is 30.3 Å². The smallest absolute Gasteiger partial charge is 0.160 e. The molecular formula is C15H13F2N. The molecule has 3 heteroatoms. The summed E-state index contributed by atoms with van der Waals surface area (Å²) in [4.78, 5) is 0. The maximum absolute atomic E-state index is 13.2. The molecule has 1 unspecified atom stereocenters. The van der Waals surface area contributed by atoms with Gasteiger partial charge in [0.2, 0.25) is 0 Å². The molecule has 0 aromatic heterocycles. The lowest BCUT2D eigenvalue weighted by atomic mass is 9.93. The summed E-state index contributed by atoms with van der Waals surface area (Å²) in [7, 11) is 0. The average molecular weight is 245 g/mol. The maximum Gasteiger partial charge on any atom is 0.160 e. The molecule has 1 atom stereocenters. The topological polar surface area (TPSA) is 12.0 Å². The van der Waals surface area contributed by atoms with E-state index in [1.165, 1.54) is 17.7 Å². The Labute approximate surface area is 104 Å². The number of fused-ring (bicyclic) bond motifs is 1. The van der Waals surface area contributed by atoms with Gasteiger partial charge in [-0.05, 0) is 30.0 Å². The Morgan fingerprint density at radius 1 is 1.00 bits per heavy atom. The summed E-state index contributed by atoms with van der Waals surface area (Å²) in [5.41, 5.74) is 2.72. The zero-order valence-corrected chi connectivity index (χ0v) is 9.79. The van der Waals surface area contributed by atoms with Crippen LogP contribution >= 0.6 is 0 Å². The largest absolute Gasteiger partial charge is 0.378 e. The summed E-state index contributed by atoms with van der Waals surface area (Å²) in [6, 6.07) is 12.7. The van der Waals surface area contributed by atoms with Gasteiger partial charge in [-0.15, -0.1) is 0 Å². The Balaban J connectivity index is 1.92. The molecule has 3 rings (SSSR count). The van der Waals surface area contributed by atoms with Gasteiger partial charge in [0.25, 0.3) is 0 Å². The molecule has 2 aromatic rings. The molecule has 0 bridgehead atoms. The highest BCUT2D eigenvalue weighted by molar-refractivity contribution is 5.55. The van der Waals surface area contributed by atoms with E-state index in [0.29, 0.717) is 5.69 Å². The van der Waals surface area contributed by atoms with E-state index < -0.39 is 11.6 Å². The lowest BCUT2D eigenvalue weighted by molar-refractivity contribution is 0.505. The Hall–Kier alpha value is -1.90. The second-order valence-corrected chi connectivity index (χ2v) is 4.57. The summed E-state index contributed by atoms with van der Waals surface area (Å²) in [5.74, 6) is -1.57. The molecule has 0 saturated carbocycles. The van der Waals surface area contributed by atoms with Crippen LogP contribution in [0.1, 0.15) is 23.6 Å². The van der Waals surface area contributed by atoms with Crippen LogP contribution in [-0.2, 0) is 6.42 Å². The van der Waals surface area contributed by atoms with Gasteiger partial charge in [-0.25, -0.2) is 8.78 Å². The predicted octanol–water partition coefficient (Wildman–Crippen LogP) is 4.06. The molecule has 92 valence electrons. The van der Waals surface area contributed by atoms with Crippen LogP contribution in [0, 0.1) is 11.6 Å². The SMILES string of the molecule is Fc1cc2c(cc1F)NC(c1ccccc1)CC2. The zero-order chi connectivity index (χ0) is 12.5. The quantitative estimate of drug-likeness (QED) is 0.798. The Morgan fingerprint density at radius 3 is 2.50 bits per heavy atom. The van der Waals surface area contributed by atoms with Gasteiger partial charge in [-0.2, -0.15) is 0 Å². The summed E-state index contributed by atoms with van der Waals surface area (Å²) in [5, 5.41) is 3.27. The minimum Gasteiger partial charge on any atom is -0.378 e. The van der Waals surface area contributed by atoms with Crippen LogP contribution in [0.15, 0.2) is 42.5 Å². The summed E-state index contributed by atoms with van der Waals surface area (Å²) in [6.07, 6.45) is 1.65. The van der Waals surface area contributed by atoms with Gasteiger partial charge in [-0.1, -0.05) is 30.3 Å². The summed E-state index contributed by atoms with van der Waals surface area (Å²) < 4.78 is 26.3. The van der Waals surface area contributed by atoms with Crippen LogP contribution in [0.2, 0.25) is 0 Å². The fourth-order valence-corrected chi connectivity index (χ4v) is 2.42. The van der Waals surface area contributed by atoms with Gasteiger partial charge < -0.3 is 5.32 Å². The van der Waals surface area contributed by atoms with E-state index in [9.17, 15) is 8.78 Å². The van der Waals surface area contributed by atoms with Gasteiger partial charge in [0.1, 0.15) is 0 Å². The summed E-state index contributed by atoms with van der Waals surface area (Å²) in [6.45, 7) is 0. The number of hydrogen-bond acceptors (Lipinski definition) is 1. The molecule has 1 heterocycles. The number of nitrogens with one attached hydrogen (secondary N) is 1. The van der Waals surface area contributed by atoms with Crippen molar-refractivity contribution in [2.24, 2.45) is 0 Å². The van der Waals surface area contributed by atoms with Crippen LogP contribution in [0.4, 0.5) is 14.5 Å². The number of hydrogen-bond donors (Lipinski definition) is 1. The number of benzene rings is 2. The van der Waals surface area contributed by atoms with Gasteiger partial charge in [0.05, 0.1) is 6.04 Å². The van der Waals surface area contributed by atoms with Crippen LogP contribution in [0.3, 0.4) is 0 Å². The molecule has 1 nitrogen and oxygen atoms in total. The maximum atomic E-state index is 13.2. The highest BCUT2D eigenvalue weighted by Crippen LogP contribution is 2.33. The molecule has 1 aliphatic rings. The van der Waals surface area contributed by atoms with E-state index in [-0.39, 0.29) is 6.04 Å². The van der Waals surface area contributed by atoms with Crippen molar-refractivity contribution < 1.29 is 8.78 Å². The van der Waals surface area contributed by atoms with E-state index in [4.69, 9.17) is 0 Å². The molecule has 1 N–H and O–H groups in total. The first-order valence-corrected chi connectivity index (χ1v) is 6.03. The second-order valence-electron chi connectivity index (χ2n) is 4.57. The molecule has 0 aliphatic carbocycles. The molecule has 0 saturated heterocycles. The number of rotatable bonds is 1. The van der Waals surface area contributed by atoms with Crippen molar-refractivity contribution in [1.82, 2.24) is 0 Å². The molecule has 0 radical (unpaired) electrons. The zero-order valence-electron chi connectivity index (χ0n) is 9.79. The fraction of sp³-hybridized carbons (Fsp3) is 0.200. The van der Waals surface area contributed by atoms with Crippen LogP contribution in [0.5, 0.6) is 0 Å². The second kappa shape index (κ2) is 4.41. The van der Waals surface area contributed by atoms with Crippen molar-refractivity contribution in [2.45, 2.75) is 18.9 Å². The number of anilines is 1. The minimum atomic E-state index is -0.796. The van der Waals surface area contributed by atoms with Crippen molar-refractivity contribution >= 4 is 5.69 Å². The van der Waals surface area contributed by atoms with Crippen molar-refractivity contribution in [3.05, 3.63) is 65.2 Å². The normalized spacial score (nSPS) is 18.0. The molecular weight excluding hydrogens is 232 g/mol. The third kappa shape index (κ3) is 1.96. The monoisotopic (exact) mass is 245 g/mol. The summed E-state index contributed by atoms with van der Waals surface area (Å²) >= 11 is 0. The Morgan fingerprint density at radius 2 is 1.72 bits per heavy atom. The standard InChI is InChI=1S/C15H13F2N/c16-12-8-11-6-7-14(10-4-2-1-3-5-10)18-15(11)9-13(12)17/h1-5,8-9,14,18H,6-7H2. The Bertz CT molecular complexity index is 566. The molecule has 1 aliphatic heterocycles. The van der Waals surface area contributed by atoms with Gasteiger partial charge >= 0.3 is 0 Å². The predicted molar refractivity (Wildman–Crippen MR) is 67.5 cm³/mol. The van der Waals surface area contributed by atoms with E-state index >= 15 is 0 Å². The molecule has 18 heavy (non-hydrogen) atoms. The van der Waals surface area contributed by atoms with Gasteiger partial charge in [-0.3, -0.25) is 0 Å². The molecule has 0 amide bonds. The van der Waals surface area contributed by atoms with Crippen LogP contribution < -0.4 is 5.32 Å². The number of halogens is 2. The first-order chi connectivity index (χ1) is 8.74. The van der Waals surface area contributed by atoms with Crippen LogP contribution in [0.25, 0.3) is 0 Å². The van der Waals surface area contributed by atoms with E-state index in [2.05, 4.69) is 5.32 Å². The average Bonchev–Trinajstić information content (AvgIpc) is 2.41. The first kappa shape index (κ1) is 11.2. The van der Waals surface area contributed by atoms with E-state index in [0.717, 1.165) is 18.4 Å². The lowest BCUT2D eigenvalue weighted by Crippen LogP contribution is -2.18. The highest BCUT2D eigenvalue weighted by atomic mass is 19.2. The van der Waals surface area contributed by atoms with Crippen molar-refractivity contribution in [2.75, 3.05) is 5.32 Å². The molecule has 2 aromatic carbocycles. The van der Waals surface area contributed by atoms with Gasteiger partial charge in [0.15, 0.2) is 11.6 Å². The lowest BCUT2D eigenvalue weighted by Gasteiger charge is -2.27. The third-order valence-corrected chi connectivity index (χ3v) is 3.38. The first-order valence-electron chi connectivity index (χ1n) is 6.03. The molecule has 0 spiro atoms. The van der Waals surface area contributed by atoms with E-state index in [1.54, 1.807) is 0 Å². The van der Waals surface area contributed by atoms with Crippen molar-refractivity contribution in [1.29, 1.82) is 0 Å².